The molecule has 2 aromatic rings. The predicted octanol–water partition coefficient (Wildman–Crippen LogP) is 1.18. The fourth-order valence-corrected chi connectivity index (χ4v) is 2.75. The van der Waals surface area contributed by atoms with Crippen molar-refractivity contribution in [1.82, 2.24) is 9.72 Å². The molecule has 0 bridgehead atoms. The van der Waals surface area contributed by atoms with Gasteiger partial charge in [0.15, 0.2) is 10.6 Å². The first-order valence-electron chi connectivity index (χ1n) is 6.03. The second kappa shape index (κ2) is 7.23. The van der Waals surface area contributed by atoms with Gasteiger partial charge < -0.3 is 14.4 Å². The van der Waals surface area contributed by atoms with Crippen LogP contribution in [0.2, 0.25) is 0 Å². The van der Waals surface area contributed by atoms with Gasteiger partial charge >= 0.3 is 0 Å². The molecule has 0 aliphatic carbocycles. The highest BCUT2D eigenvalue weighted by molar-refractivity contribution is 8.00. The van der Waals surface area contributed by atoms with E-state index in [0.29, 0.717) is 16.4 Å². The smallest absolute Gasteiger partial charge is 0.258 e. The number of hydrogen-bond acceptors (Lipinski definition) is 6. The maximum atomic E-state index is 11.7. The lowest BCUT2D eigenvalue weighted by Crippen LogP contribution is -2.17. The van der Waals surface area contributed by atoms with E-state index in [1.807, 2.05) is 18.6 Å². The SMILES string of the molecule is Cc1cc(NC(=O)CSCC(=O)N=c2sccn2C)no1. The summed E-state index contributed by atoms with van der Waals surface area (Å²) in [5.41, 5.74) is 0. The van der Waals surface area contributed by atoms with Gasteiger partial charge in [0.25, 0.3) is 5.91 Å². The molecule has 0 atom stereocenters. The van der Waals surface area contributed by atoms with Crippen molar-refractivity contribution < 1.29 is 14.1 Å². The largest absolute Gasteiger partial charge is 0.360 e. The molecule has 21 heavy (non-hydrogen) atoms. The molecule has 1 N–H and O–H groups in total. The van der Waals surface area contributed by atoms with E-state index >= 15 is 0 Å². The van der Waals surface area contributed by atoms with Crippen LogP contribution in [0.4, 0.5) is 5.82 Å². The first kappa shape index (κ1) is 15.5. The second-order valence-electron chi connectivity index (χ2n) is 4.17. The molecule has 0 saturated carbocycles. The molecule has 0 radical (unpaired) electrons. The highest BCUT2D eigenvalue weighted by atomic mass is 32.2. The maximum absolute atomic E-state index is 11.7. The van der Waals surface area contributed by atoms with Crippen LogP contribution >= 0.6 is 23.1 Å². The molecule has 0 aromatic carbocycles. The quantitative estimate of drug-likeness (QED) is 0.891. The van der Waals surface area contributed by atoms with Crippen LogP contribution < -0.4 is 10.1 Å². The van der Waals surface area contributed by atoms with Gasteiger partial charge in [0.1, 0.15) is 5.76 Å². The molecule has 9 heteroatoms. The normalized spacial score (nSPS) is 11.6. The van der Waals surface area contributed by atoms with E-state index in [9.17, 15) is 9.59 Å². The lowest BCUT2D eigenvalue weighted by atomic mass is 10.5. The van der Waals surface area contributed by atoms with Crippen LogP contribution in [-0.2, 0) is 16.6 Å². The van der Waals surface area contributed by atoms with Crippen molar-refractivity contribution >= 4 is 40.7 Å². The molecular weight excluding hydrogens is 312 g/mol. The molecule has 2 rings (SSSR count). The number of carbonyl (C=O) groups excluding carboxylic acids is 2. The molecule has 2 heterocycles. The predicted molar refractivity (Wildman–Crippen MR) is 81.1 cm³/mol. The third-order valence-electron chi connectivity index (χ3n) is 2.33. The van der Waals surface area contributed by atoms with Gasteiger partial charge in [-0.15, -0.1) is 23.1 Å². The molecule has 0 spiro atoms. The Morgan fingerprint density at radius 2 is 2.33 bits per heavy atom. The van der Waals surface area contributed by atoms with Crippen molar-refractivity contribution in [2.75, 3.05) is 16.8 Å². The summed E-state index contributed by atoms with van der Waals surface area (Å²) >= 11 is 2.59. The molecule has 0 unspecified atom stereocenters. The number of amides is 2. The molecule has 0 fully saturated rings. The summed E-state index contributed by atoms with van der Waals surface area (Å²) in [6.45, 7) is 1.74. The Bertz CT molecular complexity index is 701. The van der Waals surface area contributed by atoms with Crippen molar-refractivity contribution in [3.8, 4) is 0 Å². The summed E-state index contributed by atoms with van der Waals surface area (Å²) < 4.78 is 6.61. The van der Waals surface area contributed by atoms with E-state index in [1.54, 1.807) is 17.6 Å². The fourth-order valence-electron chi connectivity index (χ4n) is 1.41. The zero-order chi connectivity index (χ0) is 15.2. The first-order valence-corrected chi connectivity index (χ1v) is 8.06. The molecule has 2 aromatic heterocycles. The number of rotatable bonds is 5. The van der Waals surface area contributed by atoms with Crippen molar-refractivity contribution in [3.63, 3.8) is 0 Å². The van der Waals surface area contributed by atoms with Gasteiger partial charge in [-0.05, 0) is 6.92 Å². The number of thioether (sulfide) groups is 1. The molecule has 112 valence electrons. The molecular formula is C12H14N4O3S2. The van der Waals surface area contributed by atoms with E-state index in [2.05, 4.69) is 15.5 Å². The average Bonchev–Trinajstić information content (AvgIpc) is 2.99. The van der Waals surface area contributed by atoms with E-state index in [4.69, 9.17) is 4.52 Å². The minimum Gasteiger partial charge on any atom is -0.360 e. The second-order valence-corrected chi connectivity index (χ2v) is 6.02. The monoisotopic (exact) mass is 326 g/mol. The number of anilines is 1. The van der Waals surface area contributed by atoms with Crippen LogP contribution in [0.5, 0.6) is 0 Å². The Morgan fingerprint density at radius 1 is 1.52 bits per heavy atom. The van der Waals surface area contributed by atoms with Crippen LogP contribution in [0.1, 0.15) is 5.76 Å². The van der Waals surface area contributed by atoms with Gasteiger partial charge in [-0.2, -0.15) is 4.99 Å². The Morgan fingerprint density at radius 3 is 2.95 bits per heavy atom. The van der Waals surface area contributed by atoms with Crippen molar-refractivity contribution in [2.45, 2.75) is 6.92 Å². The van der Waals surface area contributed by atoms with Gasteiger partial charge in [-0.1, -0.05) is 5.16 Å². The van der Waals surface area contributed by atoms with Gasteiger partial charge in [0.2, 0.25) is 5.91 Å². The van der Waals surface area contributed by atoms with E-state index in [0.717, 1.165) is 0 Å². The zero-order valence-electron chi connectivity index (χ0n) is 11.5. The lowest BCUT2D eigenvalue weighted by Gasteiger charge is -1.99. The molecule has 2 amide bonds. The minimum atomic E-state index is -0.261. The standard InChI is InChI=1S/C12H14N4O3S2/c1-8-5-9(15-19-8)13-10(17)6-20-7-11(18)14-12-16(2)3-4-21-12/h3-5H,6-7H2,1-2H3,(H,13,15,17). The highest BCUT2D eigenvalue weighted by Crippen LogP contribution is 2.08. The van der Waals surface area contributed by atoms with Gasteiger partial charge in [-0.25, -0.2) is 0 Å². The Balaban J connectivity index is 1.75. The minimum absolute atomic E-state index is 0.156. The van der Waals surface area contributed by atoms with Crippen molar-refractivity contribution in [1.29, 1.82) is 0 Å². The molecule has 0 aliphatic rings. The van der Waals surface area contributed by atoms with E-state index in [-0.39, 0.29) is 23.3 Å². The number of aryl methyl sites for hydroxylation is 2. The number of nitrogens with one attached hydrogen (secondary N) is 1. The van der Waals surface area contributed by atoms with Crippen LogP contribution in [0.3, 0.4) is 0 Å². The number of thiazole rings is 1. The summed E-state index contributed by atoms with van der Waals surface area (Å²) in [7, 11) is 1.82. The molecule has 7 nitrogen and oxygen atoms in total. The summed E-state index contributed by atoms with van der Waals surface area (Å²) in [6, 6.07) is 1.62. The highest BCUT2D eigenvalue weighted by Gasteiger charge is 2.08. The van der Waals surface area contributed by atoms with E-state index < -0.39 is 0 Å². The first-order chi connectivity index (χ1) is 10.0. The van der Waals surface area contributed by atoms with Crippen molar-refractivity contribution in [2.24, 2.45) is 12.0 Å². The molecule has 0 saturated heterocycles. The number of nitrogens with zero attached hydrogens (tertiary/aromatic N) is 3. The van der Waals surface area contributed by atoms with E-state index in [1.165, 1.54) is 23.1 Å². The van der Waals surface area contributed by atoms with Crippen LogP contribution in [0.25, 0.3) is 0 Å². The summed E-state index contributed by atoms with van der Waals surface area (Å²) in [5, 5.41) is 8.09. The summed E-state index contributed by atoms with van der Waals surface area (Å²) in [5.74, 6) is 0.814. The fraction of sp³-hybridized carbons (Fsp3) is 0.333. The van der Waals surface area contributed by atoms with Crippen LogP contribution in [-0.4, -0.2) is 33.0 Å². The molecule has 0 aliphatic heterocycles. The maximum Gasteiger partial charge on any atom is 0.258 e. The summed E-state index contributed by atoms with van der Waals surface area (Å²) in [4.78, 5) is 27.9. The lowest BCUT2D eigenvalue weighted by molar-refractivity contribution is -0.115. The topological polar surface area (TPSA) is 89.5 Å². The van der Waals surface area contributed by atoms with Crippen LogP contribution in [0, 0.1) is 6.92 Å². The zero-order valence-corrected chi connectivity index (χ0v) is 13.2. The van der Waals surface area contributed by atoms with Crippen molar-refractivity contribution in [3.05, 3.63) is 28.2 Å². The average molecular weight is 326 g/mol. The number of carbonyl (C=O) groups is 2. The third-order valence-corrected chi connectivity index (χ3v) is 4.10. The summed E-state index contributed by atoms with van der Waals surface area (Å²) in [6.07, 6.45) is 1.83. The third kappa shape index (κ3) is 4.87. The Labute approximate surface area is 129 Å². The van der Waals surface area contributed by atoms with Gasteiger partial charge in [0.05, 0.1) is 11.5 Å². The number of aromatic nitrogens is 2. The Kier molecular flexibility index (Phi) is 5.34. The van der Waals surface area contributed by atoms with Gasteiger partial charge in [0, 0.05) is 24.7 Å². The van der Waals surface area contributed by atoms with Gasteiger partial charge in [-0.3, -0.25) is 9.59 Å². The van der Waals surface area contributed by atoms with Crippen LogP contribution in [0.15, 0.2) is 27.2 Å². The number of hydrogen-bond donors (Lipinski definition) is 1. The Hall–Kier alpha value is -1.87.